The normalized spacial score (nSPS) is 12.7. The maximum Gasteiger partial charge on any atom is 0.127 e. The van der Waals surface area contributed by atoms with E-state index in [4.69, 9.17) is 17.3 Å². The van der Waals surface area contributed by atoms with Gasteiger partial charge in [-0.25, -0.2) is 4.39 Å². The number of rotatable bonds is 3. The minimum Gasteiger partial charge on any atom is -0.324 e. The van der Waals surface area contributed by atoms with Gasteiger partial charge in [-0.05, 0) is 51.5 Å². The zero-order valence-electron chi connectivity index (χ0n) is 8.79. The van der Waals surface area contributed by atoms with Crippen LogP contribution in [0.15, 0.2) is 33.4 Å². The molecule has 0 fully saturated rings. The van der Waals surface area contributed by atoms with Crippen LogP contribution in [0.4, 0.5) is 4.39 Å². The Morgan fingerprint density at radius 3 is 2.82 bits per heavy atom. The molecule has 90 valence electrons. The Morgan fingerprint density at radius 1 is 1.47 bits per heavy atom. The summed E-state index contributed by atoms with van der Waals surface area (Å²) in [5.41, 5.74) is 7.50. The van der Waals surface area contributed by atoms with E-state index < -0.39 is 0 Å². The van der Waals surface area contributed by atoms with E-state index in [1.807, 2.05) is 11.4 Å². The third-order valence-electron chi connectivity index (χ3n) is 2.50. The molecule has 0 saturated carbocycles. The van der Waals surface area contributed by atoms with Crippen molar-refractivity contribution in [1.82, 2.24) is 0 Å². The van der Waals surface area contributed by atoms with Crippen molar-refractivity contribution in [1.29, 1.82) is 0 Å². The quantitative estimate of drug-likeness (QED) is 0.876. The molecule has 1 nitrogen and oxygen atoms in total. The molecular formula is C12H10BrClFNS. The molecule has 1 aromatic heterocycles. The SMILES string of the molecule is NC(Cc1c(F)cccc1Cl)c1csc(Br)c1. The maximum absolute atomic E-state index is 13.6. The summed E-state index contributed by atoms with van der Waals surface area (Å²) < 4.78 is 14.6. The lowest BCUT2D eigenvalue weighted by atomic mass is 10.0. The summed E-state index contributed by atoms with van der Waals surface area (Å²) in [6.45, 7) is 0. The van der Waals surface area contributed by atoms with Crippen LogP contribution in [0, 0.1) is 5.82 Å². The molecule has 0 spiro atoms. The summed E-state index contributed by atoms with van der Waals surface area (Å²) in [6, 6.07) is 6.37. The first-order valence-electron chi connectivity index (χ1n) is 5.00. The third kappa shape index (κ3) is 3.07. The fraction of sp³-hybridized carbons (Fsp3) is 0.167. The highest BCUT2D eigenvalue weighted by molar-refractivity contribution is 9.11. The van der Waals surface area contributed by atoms with Crippen molar-refractivity contribution in [3.8, 4) is 0 Å². The molecule has 0 aliphatic rings. The number of thiophene rings is 1. The van der Waals surface area contributed by atoms with Crippen molar-refractivity contribution in [2.45, 2.75) is 12.5 Å². The predicted molar refractivity (Wildman–Crippen MR) is 74.1 cm³/mol. The second-order valence-corrected chi connectivity index (χ2v) is 6.39. The average Bonchev–Trinajstić information content (AvgIpc) is 2.70. The summed E-state index contributed by atoms with van der Waals surface area (Å²) in [5.74, 6) is -0.303. The number of hydrogen-bond acceptors (Lipinski definition) is 2. The molecule has 2 N–H and O–H groups in total. The molecule has 0 aliphatic carbocycles. The topological polar surface area (TPSA) is 26.0 Å². The molecule has 1 aromatic carbocycles. The van der Waals surface area contributed by atoms with Crippen LogP contribution in [0.2, 0.25) is 5.02 Å². The summed E-state index contributed by atoms with van der Waals surface area (Å²) >= 11 is 10.9. The van der Waals surface area contributed by atoms with Crippen LogP contribution in [0.1, 0.15) is 17.2 Å². The Balaban J connectivity index is 2.21. The first kappa shape index (κ1) is 13.0. The fourth-order valence-electron chi connectivity index (χ4n) is 1.58. The van der Waals surface area contributed by atoms with Gasteiger partial charge in [0.15, 0.2) is 0 Å². The standard InChI is InChI=1S/C12H10BrClFNS/c13-12-4-7(6-17-12)11(16)5-8-9(14)2-1-3-10(8)15/h1-4,6,11H,5,16H2. The smallest absolute Gasteiger partial charge is 0.127 e. The minimum atomic E-state index is -0.303. The van der Waals surface area contributed by atoms with Gasteiger partial charge in [0.05, 0.1) is 3.79 Å². The number of halogens is 3. The predicted octanol–water partition coefficient (Wildman–Crippen LogP) is 4.55. The van der Waals surface area contributed by atoms with Gasteiger partial charge in [-0.1, -0.05) is 17.7 Å². The van der Waals surface area contributed by atoms with Gasteiger partial charge >= 0.3 is 0 Å². The average molecular weight is 335 g/mol. The highest BCUT2D eigenvalue weighted by Crippen LogP contribution is 2.28. The van der Waals surface area contributed by atoms with Crippen molar-refractivity contribution < 1.29 is 4.39 Å². The van der Waals surface area contributed by atoms with E-state index in [9.17, 15) is 4.39 Å². The lowest BCUT2D eigenvalue weighted by Gasteiger charge is -2.12. The molecule has 2 rings (SSSR count). The molecule has 5 heteroatoms. The molecule has 1 unspecified atom stereocenters. The third-order valence-corrected chi connectivity index (χ3v) is 4.38. The molecular weight excluding hydrogens is 325 g/mol. The van der Waals surface area contributed by atoms with E-state index in [-0.39, 0.29) is 11.9 Å². The van der Waals surface area contributed by atoms with Gasteiger partial charge in [0.25, 0.3) is 0 Å². The van der Waals surface area contributed by atoms with Crippen molar-refractivity contribution in [3.63, 3.8) is 0 Å². The van der Waals surface area contributed by atoms with E-state index >= 15 is 0 Å². The molecule has 1 heterocycles. The van der Waals surface area contributed by atoms with E-state index in [1.165, 1.54) is 6.07 Å². The molecule has 0 amide bonds. The molecule has 0 aliphatic heterocycles. The number of benzene rings is 1. The van der Waals surface area contributed by atoms with Crippen molar-refractivity contribution in [2.75, 3.05) is 0 Å². The summed E-state index contributed by atoms with van der Waals surface area (Å²) in [6.07, 6.45) is 0.397. The largest absolute Gasteiger partial charge is 0.324 e. The Hall–Kier alpha value is -0.420. The van der Waals surface area contributed by atoms with Gasteiger partial charge in [-0.15, -0.1) is 11.3 Å². The van der Waals surface area contributed by atoms with Crippen LogP contribution in [0.3, 0.4) is 0 Å². The van der Waals surface area contributed by atoms with Crippen molar-refractivity contribution >= 4 is 38.9 Å². The second-order valence-electron chi connectivity index (χ2n) is 3.69. The number of nitrogens with two attached hydrogens (primary N) is 1. The Morgan fingerprint density at radius 2 is 2.24 bits per heavy atom. The van der Waals surface area contributed by atoms with Crippen LogP contribution < -0.4 is 5.73 Å². The molecule has 0 bridgehead atoms. The first-order chi connectivity index (χ1) is 8.08. The van der Waals surface area contributed by atoms with E-state index in [0.717, 1.165) is 9.35 Å². The van der Waals surface area contributed by atoms with Crippen LogP contribution >= 0.6 is 38.9 Å². The fourth-order valence-corrected chi connectivity index (χ4v) is 3.06. The summed E-state index contributed by atoms with van der Waals surface area (Å²) in [5, 5.41) is 2.39. The molecule has 0 saturated heterocycles. The Bertz CT molecular complexity index is 509. The second kappa shape index (κ2) is 5.48. The van der Waals surface area contributed by atoms with E-state index in [0.29, 0.717) is 17.0 Å². The van der Waals surface area contributed by atoms with Crippen LogP contribution in [-0.4, -0.2) is 0 Å². The molecule has 1 atom stereocenters. The Labute approximate surface area is 117 Å². The van der Waals surface area contributed by atoms with Crippen molar-refractivity contribution in [2.24, 2.45) is 5.73 Å². The van der Waals surface area contributed by atoms with Crippen LogP contribution in [0.25, 0.3) is 0 Å². The zero-order chi connectivity index (χ0) is 12.4. The van der Waals surface area contributed by atoms with E-state index in [1.54, 1.807) is 23.5 Å². The van der Waals surface area contributed by atoms with Gasteiger partial charge in [-0.3, -0.25) is 0 Å². The Kier molecular flexibility index (Phi) is 4.20. The van der Waals surface area contributed by atoms with Gasteiger partial charge in [0, 0.05) is 16.6 Å². The maximum atomic E-state index is 13.6. The number of hydrogen-bond donors (Lipinski definition) is 1. The summed E-state index contributed by atoms with van der Waals surface area (Å²) in [7, 11) is 0. The molecule has 17 heavy (non-hydrogen) atoms. The van der Waals surface area contributed by atoms with Crippen LogP contribution in [-0.2, 0) is 6.42 Å². The lowest BCUT2D eigenvalue weighted by molar-refractivity contribution is 0.594. The lowest BCUT2D eigenvalue weighted by Crippen LogP contribution is -2.13. The minimum absolute atomic E-state index is 0.244. The molecule has 2 aromatic rings. The van der Waals surface area contributed by atoms with Gasteiger partial charge in [-0.2, -0.15) is 0 Å². The first-order valence-corrected chi connectivity index (χ1v) is 7.05. The highest BCUT2D eigenvalue weighted by Gasteiger charge is 2.14. The zero-order valence-corrected chi connectivity index (χ0v) is 11.9. The van der Waals surface area contributed by atoms with Gasteiger partial charge in [0.1, 0.15) is 5.82 Å². The van der Waals surface area contributed by atoms with Gasteiger partial charge < -0.3 is 5.73 Å². The van der Waals surface area contributed by atoms with E-state index in [2.05, 4.69) is 15.9 Å². The summed E-state index contributed by atoms with van der Waals surface area (Å²) in [4.78, 5) is 0. The van der Waals surface area contributed by atoms with Crippen LogP contribution in [0.5, 0.6) is 0 Å². The van der Waals surface area contributed by atoms with Crippen molar-refractivity contribution in [3.05, 3.63) is 55.4 Å². The molecule has 0 radical (unpaired) electrons. The monoisotopic (exact) mass is 333 g/mol. The van der Waals surface area contributed by atoms with Gasteiger partial charge in [0.2, 0.25) is 0 Å². The highest BCUT2D eigenvalue weighted by atomic mass is 79.9.